The predicted octanol–water partition coefficient (Wildman–Crippen LogP) is 6.76. The Balaban J connectivity index is 3.71. The molecule has 0 aliphatic carbocycles. The molecular formula is C22H34O2. The molecule has 0 heterocycles. The van der Waals surface area contributed by atoms with Crippen LogP contribution in [0, 0.1) is 0 Å². The average molecular weight is 331 g/mol. The number of carboxylic acid groups (broad SMARTS) is 1. The smallest absolute Gasteiger partial charge is 0.339 e. The molecule has 0 spiro atoms. The summed E-state index contributed by atoms with van der Waals surface area (Å²) in [4.78, 5) is 10.7. The van der Waals surface area contributed by atoms with Gasteiger partial charge in [0, 0.05) is 0 Å². The minimum Gasteiger partial charge on any atom is -0.477 e. The van der Waals surface area contributed by atoms with E-state index in [1.54, 1.807) is 6.92 Å². The van der Waals surface area contributed by atoms with Crippen LogP contribution in [0.4, 0.5) is 0 Å². The molecule has 0 unspecified atom stereocenters. The fraction of sp³-hybridized carbons (Fsp3) is 0.545. The fourth-order valence-electron chi connectivity index (χ4n) is 2.21. The first-order valence-corrected chi connectivity index (χ1v) is 9.19. The number of carbonyl (C=O) groups is 1. The summed E-state index contributed by atoms with van der Waals surface area (Å²) in [7, 11) is 0. The van der Waals surface area contributed by atoms with E-state index in [0.29, 0.717) is 0 Å². The molecule has 0 atom stereocenters. The first-order valence-electron chi connectivity index (χ1n) is 9.19. The highest BCUT2D eigenvalue weighted by molar-refractivity contribution is 5.85. The summed E-state index contributed by atoms with van der Waals surface area (Å²) in [5, 5.41) is 8.79. The summed E-state index contributed by atoms with van der Waals surface area (Å²) in [6.45, 7) is 5.75. The Hall–Kier alpha value is -1.79. The van der Waals surface area contributed by atoms with Crippen molar-refractivity contribution in [3.05, 3.63) is 53.3 Å². The molecule has 0 aromatic carbocycles. The van der Waals surface area contributed by atoms with E-state index in [0.717, 1.165) is 37.7 Å². The summed E-state index contributed by atoms with van der Waals surface area (Å²) < 4.78 is 0. The Labute approximate surface area is 148 Å². The Morgan fingerprint density at radius 3 is 1.96 bits per heavy atom. The molecule has 2 heteroatoms. The van der Waals surface area contributed by atoms with Crippen molar-refractivity contribution >= 4 is 5.97 Å². The van der Waals surface area contributed by atoms with Crippen LogP contribution in [0.2, 0.25) is 0 Å². The van der Waals surface area contributed by atoms with Crippen molar-refractivity contribution in [1.29, 1.82) is 0 Å². The van der Waals surface area contributed by atoms with Gasteiger partial charge in [-0.25, -0.2) is 4.79 Å². The standard InChI is InChI=1S/C22H34O2/c1-4-5-6-7-8-9-10-11-12-13-14-15-16-17-18-20(2)19-21(3)22(23)24/h8-9,11-12,14-15H,4-7,10,13,16-18H2,1-3H3,(H,23,24)/b9-8-,12-11-,15-14-. The monoisotopic (exact) mass is 330 g/mol. The maximum Gasteiger partial charge on any atom is 0.339 e. The first-order chi connectivity index (χ1) is 11.6. The highest BCUT2D eigenvalue weighted by atomic mass is 16.4. The van der Waals surface area contributed by atoms with Gasteiger partial charge >= 0.3 is 5.97 Å². The molecule has 0 saturated heterocycles. The van der Waals surface area contributed by atoms with E-state index >= 15 is 0 Å². The van der Waals surface area contributed by atoms with E-state index in [9.17, 15) is 4.79 Å². The normalized spacial score (nSPS) is 11.5. The lowest BCUT2D eigenvalue weighted by atomic mass is 10.1. The molecule has 0 aromatic rings. The third-order valence-corrected chi connectivity index (χ3v) is 3.66. The molecule has 0 aromatic heterocycles. The van der Waals surface area contributed by atoms with Crippen molar-refractivity contribution in [1.82, 2.24) is 0 Å². The summed E-state index contributed by atoms with van der Waals surface area (Å²) in [6, 6.07) is 0. The maximum atomic E-state index is 10.7. The quantitative estimate of drug-likeness (QED) is 0.175. The lowest BCUT2D eigenvalue weighted by Gasteiger charge is -1.96. The van der Waals surface area contributed by atoms with E-state index in [2.05, 4.69) is 49.1 Å². The molecule has 0 amide bonds. The molecule has 1 N–H and O–H groups in total. The lowest BCUT2D eigenvalue weighted by Crippen LogP contribution is -1.94. The van der Waals surface area contributed by atoms with Crippen molar-refractivity contribution in [2.45, 2.75) is 78.6 Å². The highest BCUT2D eigenvalue weighted by Crippen LogP contribution is 2.07. The van der Waals surface area contributed by atoms with E-state index in [-0.39, 0.29) is 5.57 Å². The largest absolute Gasteiger partial charge is 0.477 e. The van der Waals surface area contributed by atoms with Crippen LogP contribution in [0.1, 0.15) is 78.6 Å². The second-order valence-electron chi connectivity index (χ2n) is 6.11. The van der Waals surface area contributed by atoms with Gasteiger partial charge in [0.25, 0.3) is 0 Å². The van der Waals surface area contributed by atoms with Gasteiger partial charge in [0.15, 0.2) is 0 Å². The van der Waals surface area contributed by atoms with Crippen LogP contribution in [0.5, 0.6) is 0 Å². The van der Waals surface area contributed by atoms with Crippen molar-refractivity contribution in [2.75, 3.05) is 0 Å². The van der Waals surface area contributed by atoms with Gasteiger partial charge in [-0.1, -0.05) is 56.2 Å². The summed E-state index contributed by atoms with van der Waals surface area (Å²) in [5.41, 5.74) is 4.21. The minimum absolute atomic E-state index is 0.285. The second-order valence-corrected chi connectivity index (χ2v) is 6.11. The third-order valence-electron chi connectivity index (χ3n) is 3.66. The van der Waals surface area contributed by atoms with Gasteiger partial charge in [-0.05, 0) is 64.4 Å². The number of allylic oxidation sites excluding steroid dienone is 6. The van der Waals surface area contributed by atoms with Crippen molar-refractivity contribution in [3.8, 4) is 0 Å². The van der Waals surface area contributed by atoms with Gasteiger partial charge < -0.3 is 5.11 Å². The van der Waals surface area contributed by atoms with Gasteiger partial charge in [0.2, 0.25) is 0 Å². The van der Waals surface area contributed by atoms with Crippen LogP contribution in [0.15, 0.2) is 53.3 Å². The SMILES string of the molecule is CCCCC/C=C\C/C=C\C/C=C\CCCC(C)=C=C(C)C(=O)O. The van der Waals surface area contributed by atoms with E-state index in [1.165, 1.54) is 25.7 Å². The van der Waals surface area contributed by atoms with Gasteiger partial charge in [0.1, 0.15) is 0 Å². The molecule has 2 nitrogen and oxygen atoms in total. The molecule has 0 radical (unpaired) electrons. The summed E-state index contributed by atoms with van der Waals surface area (Å²) >= 11 is 0. The van der Waals surface area contributed by atoms with Crippen LogP contribution in [-0.2, 0) is 4.79 Å². The zero-order valence-electron chi connectivity index (χ0n) is 15.7. The molecule has 0 fully saturated rings. The van der Waals surface area contributed by atoms with Crippen molar-refractivity contribution in [3.63, 3.8) is 0 Å². The lowest BCUT2D eigenvalue weighted by molar-refractivity contribution is -0.132. The Bertz CT molecular complexity index is 486. The van der Waals surface area contributed by atoms with E-state index < -0.39 is 5.97 Å². The van der Waals surface area contributed by atoms with Gasteiger partial charge in [-0.2, -0.15) is 0 Å². The number of hydrogen-bond acceptors (Lipinski definition) is 1. The molecule has 0 bridgehead atoms. The van der Waals surface area contributed by atoms with Crippen LogP contribution in [0.25, 0.3) is 0 Å². The minimum atomic E-state index is -0.892. The number of carboxylic acids is 1. The Kier molecular flexibility index (Phi) is 14.9. The maximum absolute atomic E-state index is 10.7. The molecule has 134 valence electrons. The topological polar surface area (TPSA) is 37.3 Å². The fourth-order valence-corrected chi connectivity index (χ4v) is 2.21. The number of unbranched alkanes of at least 4 members (excludes halogenated alkanes) is 4. The molecule has 0 rings (SSSR count). The number of aliphatic carboxylic acids is 1. The number of hydrogen-bond donors (Lipinski definition) is 1. The molecule has 0 aliphatic rings. The Morgan fingerprint density at radius 2 is 1.42 bits per heavy atom. The zero-order valence-corrected chi connectivity index (χ0v) is 15.7. The average Bonchev–Trinajstić information content (AvgIpc) is 2.55. The highest BCUT2D eigenvalue weighted by Gasteiger charge is 1.97. The molecule has 0 aliphatic heterocycles. The van der Waals surface area contributed by atoms with E-state index in [4.69, 9.17) is 5.11 Å². The molecular weight excluding hydrogens is 296 g/mol. The van der Waals surface area contributed by atoms with E-state index in [1.807, 2.05) is 6.92 Å². The number of rotatable bonds is 13. The zero-order chi connectivity index (χ0) is 18.0. The molecule has 24 heavy (non-hydrogen) atoms. The van der Waals surface area contributed by atoms with Gasteiger partial charge in [-0.3, -0.25) is 0 Å². The first kappa shape index (κ1) is 22.2. The van der Waals surface area contributed by atoms with Crippen LogP contribution >= 0.6 is 0 Å². The van der Waals surface area contributed by atoms with Crippen molar-refractivity contribution < 1.29 is 9.90 Å². The van der Waals surface area contributed by atoms with Crippen LogP contribution in [0.3, 0.4) is 0 Å². The van der Waals surface area contributed by atoms with Crippen LogP contribution in [-0.4, -0.2) is 11.1 Å². The van der Waals surface area contributed by atoms with Crippen molar-refractivity contribution in [2.24, 2.45) is 0 Å². The van der Waals surface area contributed by atoms with Gasteiger partial charge in [0.05, 0.1) is 5.57 Å². The summed E-state index contributed by atoms with van der Waals surface area (Å²) in [5.74, 6) is -0.892. The van der Waals surface area contributed by atoms with Gasteiger partial charge in [-0.15, -0.1) is 5.73 Å². The predicted molar refractivity (Wildman–Crippen MR) is 104 cm³/mol. The molecule has 0 saturated carbocycles. The second kappa shape index (κ2) is 16.1. The summed E-state index contributed by atoms with van der Waals surface area (Å²) in [6.07, 6.45) is 23.4. The van der Waals surface area contributed by atoms with Crippen LogP contribution < -0.4 is 0 Å². The third kappa shape index (κ3) is 15.1. The Morgan fingerprint density at radius 1 is 0.875 bits per heavy atom.